The van der Waals surface area contributed by atoms with E-state index < -0.39 is 0 Å². The summed E-state index contributed by atoms with van der Waals surface area (Å²) in [6, 6.07) is 0. The lowest BCUT2D eigenvalue weighted by atomic mass is 10.1. The molecule has 0 fully saturated rings. The van der Waals surface area contributed by atoms with Gasteiger partial charge in [-0.05, 0) is 6.42 Å². The smallest absolute Gasteiger partial charge is 0.222 e. The first kappa shape index (κ1) is 16.4. The Labute approximate surface area is 111 Å². The average Bonchev–Trinajstić information content (AvgIpc) is 2.26. The predicted octanol–water partition coefficient (Wildman–Crippen LogP) is 2.87. The summed E-state index contributed by atoms with van der Waals surface area (Å²) in [5, 5.41) is 0. The van der Waals surface area contributed by atoms with Crippen LogP contribution in [0.1, 0.15) is 58.3 Å². The fourth-order valence-corrected chi connectivity index (χ4v) is 1.94. The van der Waals surface area contributed by atoms with Crippen LogP contribution < -0.4 is 5.73 Å². The molecule has 0 aliphatic heterocycles. The van der Waals surface area contributed by atoms with E-state index in [1.54, 1.807) is 11.9 Å². The molecule has 0 radical (unpaired) electrons. The maximum absolute atomic E-state index is 11.6. The molecule has 0 spiro atoms. The van der Waals surface area contributed by atoms with E-state index in [1.165, 1.54) is 32.1 Å². The van der Waals surface area contributed by atoms with Crippen LogP contribution >= 0.6 is 12.2 Å². The fourth-order valence-electron chi connectivity index (χ4n) is 1.75. The van der Waals surface area contributed by atoms with E-state index in [9.17, 15) is 4.79 Å². The molecule has 1 amide bonds. The van der Waals surface area contributed by atoms with Crippen LogP contribution in [0, 0.1) is 0 Å². The summed E-state index contributed by atoms with van der Waals surface area (Å²) in [5.74, 6) is 0.145. The van der Waals surface area contributed by atoms with Crippen molar-refractivity contribution in [3.8, 4) is 0 Å². The lowest BCUT2D eigenvalue weighted by Crippen LogP contribution is -2.34. The van der Waals surface area contributed by atoms with Crippen molar-refractivity contribution in [2.24, 2.45) is 5.73 Å². The first-order valence-corrected chi connectivity index (χ1v) is 7.01. The van der Waals surface area contributed by atoms with Crippen molar-refractivity contribution in [1.82, 2.24) is 4.90 Å². The number of nitrogens with zero attached hydrogens (tertiary/aromatic N) is 1. The molecule has 17 heavy (non-hydrogen) atoms. The standard InChI is InChI=1S/C13H26N2OS/c1-3-4-5-6-7-8-9-10-13(16)15(2)11-12(14)17/h3-11H2,1-2H3,(H2,14,17). The molecule has 2 N–H and O–H groups in total. The van der Waals surface area contributed by atoms with Gasteiger partial charge in [-0.3, -0.25) is 4.79 Å². The highest BCUT2D eigenvalue weighted by Gasteiger charge is 2.08. The van der Waals surface area contributed by atoms with E-state index in [0.29, 0.717) is 18.0 Å². The van der Waals surface area contributed by atoms with Crippen molar-refractivity contribution in [3.63, 3.8) is 0 Å². The molecule has 0 aliphatic carbocycles. The molecule has 3 nitrogen and oxygen atoms in total. The molecular formula is C13H26N2OS. The lowest BCUT2D eigenvalue weighted by Gasteiger charge is -2.15. The fraction of sp³-hybridized carbons (Fsp3) is 0.846. The van der Waals surface area contributed by atoms with E-state index >= 15 is 0 Å². The maximum Gasteiger partial charge on any atom is 0.222 e. The molecule has 4 heteroatoms. The summed E-state index contributed by atoms with van der Waals surface area (Å²) in [7, 11) is 1.75. The van der Waals surface area contributed by atoms with Gasteiger partial charge in [-0.25, -0.2) is 0 Å². The summed E-state index contributed by atoms with van der Waals surface area (Å²) in [5.41, 5.74) is 5.39. The number of carbonyl (C=O) groups is 1. The van der Waals surface area contributed by atoms with E-state index in [4.69, 9.17) is 18.0 Å². The van der Waals surface area contributed by atoms with Crippen LogP contribution in [0.5, 0.6) is 0 Å². The number of nitrogens with two attached hydrogens (primary N) is 1. The first-order valence-electron chi connectivity index (χ1n) is 6.60. The van der Waals surface area contributed by atoms with Gasteiger partial charge in [0, 0.05) is 13.5 Å². The van der Waals surface area contributed by atoms with Gasteiger partial charge in [0.05, 0.1) is 11.5 Å². The molecule has 0 heterocycles. The number of amides is 1. The van der Waals surface area contributed by atoms with E-state index in [-0.39, 0.29) is 5.91 Å². The van der Waals surface area contributed by atoms with Gasteiger partial charge in [-0.2, -0.15) is 0 Å². The average molecular weight is 258 g/mol. The number of rotatable bonds is 10. The molecule has 0 atom stereocenters. The molecule has 0 aromatic carbocycles. The van der Waals surface area contributed by atoms with Crippen LogP contribution in [-0.4, -0.2) is 29.4 Å². The quantitative estimate of drug-likeness (QED) is 0.484. The minimum atomic E-state index is 0.145. The van der Waals surface area contributed by atoms with Crippen LogP contribution in [0.4, 0.5) is 0 Å². The second-order valence-electron chi connectivity index (χ2n) is 4.59. The summed E-state index contributed by atoms with van der Waals surface area (Å²) in [6.07, 6.45) is 9.22. The van der Waals surface area contributed by atoms with Crippen LogP contribution in [0.25, 0.3) is 0 Å². The third-order valence-corrected chi connectivity index (χ3v) is 2.94. The normalized spacial score (nSPS) is 10.2. The molecule has 0 saturated carbocycles. The van der Waals surface area contributed by atoms with Gasteiger partial charge in [0.2, 0.25) is 5.91 Å². The Balaban J connectivity index is 3.41. The SMILES string of the molecule is CCCCCCCCCC(=O)N(C)CC(N)=S. The highest BCUT2D eigenvalue weighted by molar-refractivity contribution is 7.80. The number of carbonyl (C=O) groups excluding carboxylic acids is 1. The third-order valence-electron chi connectivity index (χ3n) is 2.81. The zero-order chi connectivity index (χ0) is 13.1. The molecule has 100 valence electrons. The van der Waals surface area contributed by atoms with Crippen LogP contribution in [-0.2, 0) is 4.79 Å². The topological polar surface area (TPSA) is 46.3 Å². The molecule has 0 bridgehead atoms. The molecular weight excluding hydrogens is 232 g/mol. The van der Waals surface area contributed by atoms with Crippen molar-refractivity contribution in [1.29, 1.82) is 0 Å². The molecule has 0 aromatic rings. The van der Waals surface area contributed by atoms with Crippen molar-refractivity contribution in [3.05, 3.63) is 0 Å². The largest absolute Gasteiger partial charge is 0.392 e. The Hall–Kier alpha value is -0.640. The zero-order valence-electron chi connectivity index (χ0n) is 11.2. The lowest BCUT2D eigenvalue weighted by molar-refractivity contribution is -0.129. The first-order chi connectivity index (χ1) is 8.07. The monoisotopic (exact) mass is 258 g/mol. The third kappa shape index (κ3) is 10.2. The summed E-state index contributed by atoms with van der Waals surface area (Å²) in [6.45, 7) is 2.61. The van der Waals surface area contributed by atoms with Gasteiger partial charge in [-0.15, -0.1) is 0 Å². The summed E-state index contributed by atoms with van der Waals surface area (Å²) >= 11 is 4.77. The van der Waals surface area contributed by atoms with E-state index in [1.807, 2.05) is 0 Å². The molecule has 0 rings (SSSR count). The Kier molecular flexibility index (Phi) is 10.1. The van der Waals surface area contributed by atoms with Gasteiger partial charge in [0.25, 0.3) is 0 Å². The van der Waals surface area contributed by atoms with Crippen molar-refractivity contribution in [2.75, 3.05) is 13.6 Å². The molecule has 0 saturated heterocycles. The second kappa shape index (κ2) is 10.5. The highest BCUT2D eigenvalue weighted by atomic mass is 32.1. The van der Waals surface area contributed by atoms with Gasteiger partial charge >= 0.3 is 0 Å². The molecule has 0 aliphatic rings. The number of unbranched alkanes of at least 4 members (excludes halogenated alkanes) is 6. The van der Waals surface area contributed by atoms with Crippen molar-refractivity contribution >= 4 is 23.1 Å². The second-order valence-corrected chi connectivity index (χ2v) is 5.11. The van der Waals surface area contributed by atoms with Gasteiger partial charge < -0.3 is 10.6 Å². The van der Waals surface area contributed by atoms with Gasteiger partial charge in [0.15, 0.2) is 0 Å². The Bertz CT molecular complexity index is 231. The van der Waals surface area contributed by atoms with Crippen molar-refractivity contribution < 1.29 is 4.79 Å². The van der Waals surface area contributed by atoms with Gasteiger partial charge in [-0.1, -0.05) is 57.7 Å². The van der Waals surface area contributed by atoms with Crippen LogP contribution in [0.3, 0.4) is 0 Å². The predicted molar refractivity (Wildman–Crippen MR) is 77.0 cm³/mol. The van der Waals surface area contributed by atoms with Gasteiger partial charge in [0.1, 0.15) is 0 Å². The zero-order valence-corrected chi connectivity index (χ0v) is 12.0. The van der Waals surface area contributed by atoms with Crippen LogP contribution in [0.15, 0.2) is 0 Å². The van der Waals surface area contributed by atoms with Crippen molar-refractivity contribution in [2.45, 2.75) is 58.3 Å². The number of likely N-dealkylation sites (N-methyl/N-ethyl adjacent to an activating group) is 1. The minimum Gasteiger partial charge on any atom is -0.392 e. The Morgan fingerprint density at radius 3 is 2.18 bits per heavy atom. The van der Waals surface area contributed by atoms with E-state index in [2.05, 4.69) is 6.92 Å². The maximum atomic E-state index is 11.6. The van der Waals surface area contributed by atoms with E-state index in [0.717, 1.165) is 12.8 Å². The van der Waals surface area contributed by atoms with Crippen LogP contribution in [0.2, 0.25) is 0 Å². The summed E-state index contributed by atoms with van der Waals surface area (Å²) in [4.78, 5) is 13.6. The number of hydrogen-bond acceptors (Lipinski definition) is 2. The number of hydrogen-bond donors (Lipinski definition) is 1. The Morgan fingerprint density at radius 2 is 1.65 bits per heavy atom. The molecule has 0 unspecified atom stereocenters. The Morgan fingerprint density at radius 1 is 1.12 bits per heavy atom. The highest BCUT2D eigenvalue weighted by Crippen LogP contribution is 2.09. The number of thiocarbonyl (C=S) groups is 1. The minimum absolute atomic E-state index is 0.145. The summed E-state index contributed by atoms with van der Waals surface area (Å²) < 4.78 is 0. The molecule has 0 aromatic heterocycles.